The van der Waals surface area contributed by atoms with Crippen LogP contribution in [0.2, 0.25) is 0 Å². The Bertz CT molecular complexity index is 446. The van der Waals surface area contributed by atoms with Gasteiger partial charge in [-0.2, -0.15) is 0 Å². The van der Waals surface area contributed by atoms with Crippen LogP contribution in [-0.4, -0.2) is 30.6 Å². The molecule has 2 fully saturated rings. The molecule has 0 spiro atoms. The van der Waals surface area contributed by atoms with E-state index in [4.69, 9.17) is 0 Å². The van der Waals surface area contributed by atoms with Crippen LogP contribution in [0.1, 0.15) is 25.7 Å². The largest absolute Gasteiger partial charge is 0.381 e. The van der Waals surface area contributed by atoms with Gasteiger partial charge in [-0.1, -0.05) is 0 Å². The van der Waals surface area contributed by atoms with Crippen molar-refractivity contribution in [1.82, 2.24) is 4.90 Å². The van der Waals surface area contributed by atoms with Gasteiger partial charge < -0.3 is 10.2 Å². The van der Waals surface area contributed by atoms with Gasteiger partial charge in [0.25, 0.3) is 0 Å². The van der Waals surface area contributed by atoms with E-state index < -0.39 is 11.6 Å². The number of nitrogens with one attached hydrogen (secondary N) is 1. The van der Waals surface area contributed by atoms with Crippen molar-refractivity contribution in [3.8, 4) is 0 Å². The molecule has 0 unspecified atom stereocenters. The van der Waals surface area contributed by atoms with Crippen molar-refractivity contribution in [2.24, 2.45) is 5.92 Å². The number of anilines is 1. The summed E-state index contributed by atoms with van der Waals surface area (Å²) in [7, 11) is 0. The summed E-state index contributed by atoms with van der Waals surface area (Å²) in [5, 5.41) is 3.32. The van der Waals surface area contributed by atoms with Gasteiger partial charge in [0.2, 0.25) is 0 Å². The van der Waals surface area contributed by atoms with Gasteiger partial charge in [0, 0.05) is 30.9 Å². The van der Waals surface area contributed by atoms with Crippen molar-refractivity contribution in [1.29, 1.82) is 0 Å². The lowest BCUT2D eigenvalue weighted by molar-refractivity contribution is 0.208. The van der Waals surface area contributed by atoms with Crippen LogP contribution in [0.15, 0.2) is 18.2 Å². The molecule has 0 aromatic heterocycles. The molecule has 0 bridgehead atoms. The van der Waals surface area contributed by atoms with Crippen molar-refractivity contribution >= 4 is 5.69 Å². The van der Waals surface area contributed by atoms with Crippen LogP contribution in [0.3, 0.4) is 0 Å². The van der Waals surface area contributed by atoms with Crippen molar-refractivity contribution in [3.05, 3.63) is 29.8 Å². The number of hydrogen-bond donors (Lipinski definition) is 1. The maximum atomic E-state index is 13.2. The molecule has 104 valence electrons. The highest BCUT2D eigenvalue weighted by atomic mass is 19.2. The zero-order chi connectivity index (χ0) is 13.2. The Morgan fingerprint density at radius 3 is 2.74 bits per heavy atom. The van der Waals surface area contributed by atoms with E-state index in [1.54, 1.807) is 6.07 Å². The van der Waals surface area contributed by atoms with E-state index in [1.807, 2.05) is 0 Å². The van der Waals surface area contributed by atoms with Crippen molar-refractivity contribution in [3.63, 3.8) is 0 Å². The normalized spacial score (nSPS) is 24.4. The highest BCUT2D eigenvalue weighted by molar-refractivity contribution is 5.44. The summed E-state index contributed by atoms with van der Waals surface area (Å²) in [6.45, 7) is 3.39. The number of nitrogens with zero attached hydrogens (tertiary/aromatic N) is 1. The molecular formula is C15H20F2N2. The van der Waals surface area contributed by atoms with Gasteiger partial charge in [0.05, 0.1) is 0 Å². The molecule has 0 amide bonds. The number of halogens is 2. The average Bonchev–Trinajstić information content (AvgIpc) is 3.18. The van der Waals surface area contributed by atoms with Crippen LogP contribution < -0.4 is 5.32 Å². The van der Waals surface area contributed by atoms with E-state index in [0.717, 1.165) is 18.9 Å². The molecular weight excluding hydrogens is 246 g/mol. The topological polar surface area (TPSA) is 15.3 Å². The predicted molar refractivity (Wildman–Crippen MR) is 72.2 cm³/mol. The van der Waals surface area contributed by atoms with Crippen LogP contribution in [-0.2, 0) is 0 Å². The maximum Gasteiger partial charge on any atom is 0.160 e. The molecule has 2 aliphatic rings. The van der Waals surface area contributed by atoms with Crippen molar-refractivity contribution in [2.45, 2.75) is 31.7 Å². The molecule has 1 aliphatic carbocycles. The van der Waals surface area contributed by atoms with Crippen molar-refractivity contribution in [2.75, 3.05) is 25.0 Å². The Labute approximate surface area is 112 Å². The number of rotatable bonds is 4. The number of piperidine rings is 1. The number of likely N-dealkylation sites (tertiary alicyclic amines) is 1. The van der Waals surface area contributed by atoms with Crippen LogP contribution in [0.5, 0.6) is 0 Å². The zero-order valence-electron chi connectivity index (χ0n) is 11.0. The van der Waals surface area contributed by atoms with E-state index in [9.17, 15) is 8.78 Å². The average molecular weight is 266 g/mol. The molecule has 2 nitrogen and oxygen atoms in total. The first-order valence-corrected chi connectivity index (χ1v) is 7.14. The van der Waals surface area contributed by atoms with E-state index in [-0.39, 0.29) is 0 Å². The predicted octanol–water partition coefficient (Wildman–Crippen LogP) is 3.25. The smallest absolute Gasteiger partial charge is 0.160 e. The highest BCUT2D eigenvalue weighted by Gasteiger charge is 2.27. The molecule has 3 rings (SSSR count). The lowest BCUT2D eigenvalue weighted by Gasteiger charge is -2.33. The Balaban J connectivity index is 1.57. The van der Waals surface area contributed by atoms with Gasteiger partial charge in [-0.3, -0.25) is 0 Å². The SMILES string of the molecule is Fc1ccc(N[C@@H]2CCCN(CC3CC3)C2)cc1F. The zero-order valence-corrected chi connectivity index (χ0v) is 11.0. The fraction of sp³-hybridized carbons (Fsp3) is 0.600. The number of hydrogen-bond acceptors (Lipinski definition) is 2. The van der Waals surface area contributed by atoms with Crippen LogP contribution in [0.4, 0.5) is 14.5 Å². The summed E-state index contributed by atoms with van der Waals surface area (Å²) in [6.07, 6.45) is 5.02. The minimum absolute atomic E-state index is 0.345. The quantitative estimate of drug-likeness (QED) is 0.900. The van der Waals surface area contributed by atoms with Gasteiger partial charge in [0.15, 0.2) is 11.6 Å². The highest BCUT2D eigenvalue weighted by Crippen LogP contribution is 2.30. The van der Waals surface area contributed by atoms with E-state index in [1.165, 1.54) is 44.5 Å². The Morgan fingerprint density at radius 1 is 1.16 bits per heavy atom. The van der Waals surface area contributed by atoms with E-state index in [0.29, 0.717) is 11.7 Å². The molecule has 1 atom stereocenters. The molecule has 1 aromatic rings. The van der Waals surface area contributed by atoms with E-state index in [2.05, 4.69) is 10.2 Å². The minimum Gasteiger partial charge on any atom is -0.381 e. The molecule has 19 heavy (non-hydrogen) atoms. The first kappa shape index (κ1) is 12.9. The summed E-state index contributed by atoms with van der Waals surface area (Å²) in [5.74, 6) is -0.665. The fourth-order valence-corrected chi connectivity index (χ4v) is 2.83. The summed E-state index contributed by atoms with van der Waals surface area (Å²) in [5.41, 5.74) is 0.678. The lowest BCUT2D eigenvalue weighted by atomic mass is 10.0. The molecule has 1 saturated heterocycles. The molecule has 1 heterocycles. The van der Waals surface area contributed by atoms with Gasteiger partial charge >= 0.3 is 0 Å². The summed E-state index contributed by atoms with van der Waals surface area (Å²) in [4.78, 5) is 2.50. The Morgan fingerprint density at radius 2 is 2.00 bits per heavy atom. The van der Waals surface area contributed by atoms with Crippen LogP contribution in [0.25, 0.3) is 0 Å². The fourth-order valence-electron chi connectivity index (χ4n) is 2.83. The molecule has 1 N–H and O–H groups in total. The van der Waals surface area contributed by atoms with Gasteiger partial charge in [-0.25, -0.2) is 8.78 Å². The second kappa shape index (κ2) is 5.45. The standard InChI is InChI=1S/C15H20F2N2/c16-14-6-5-12(8-15(14)17)18-13-2-1-7-19(10-13)9-11-3-4-11/h5-6,8,11,13,18H,1-4,7,9-10H2/t13-/m1/s1. The molecule has 0 radical (unpaired) electrons. The monoisotopic (exact) mass is 266 g/mol. The molecule has 1 saturated carbocycles. The second-order valence-electron chi connectivity index (χ2n) is 5.82. The lowest BCUT2D eigenvalue weighted by Crippen LogP contribution is -2.42. The third-order valence-electron chi connectivity index (χ3n) is 4.01. The molecule has 1 aromatic carbocycles. The second-order valence-corrected chi connectivity index (χ2v) is 5.82. The Hall–Kier alpha value is -1.16. The first-order valence-electron chi connectivity index (χ1n) is 7.14. The number of benzene rings is 1. The molecule has 1 aliphatic heterocycles. The van der Waals surface area contributed by atoms with Gasteiger partial charge in [0.1, 0.15) is 0 Å². The summed E-state index contributed by atoms with van der Waals surface area (Å²) < 4.78 is 26.0. The third-order valence-corrected chi connectivity index (χ3v) is 4.01. The first-order chi connectivity index (χ1) is 9.20. The minimum atomic E-state index is -0.787. The van der Waals surface area contributed by atoms with E-state index >= 15 is 0 Å². The van der Waals surface area contributed by atoms with Gasteiger partial charge in [-0.05, 0) is 50.3 Å². The van der Waals surface area contributed by atoms with Crippen LogP contribution >= 0.6 is 0 Å². The summed E-state index contributed by atoms with van der Waals surface area (Å²) in [6, 6.07) is 4.38. The summed E-state index contributed by atoms with van der Waals surface area (Å²) >= 11 is 0. The van der Waals surface area contributed by atoms with Crippen LogP contribution in [0, 0.1) is 17.6 Å². The third kappa shape index (κ3) is 3.44. The van der Waals surface area contributed by atoms with Gasteiger partial charge in [-0.15, -0.1) is 0 Å². The molecule has 4 heteroatoms. The maximum absolute atomic E-state index is 13.2. The van der Waals surface area contributed by atoms with Crippen molar-refractivity contribution < 1.29 is 8.78 Å². The Kier molecular flexibility index (Phi) is 3.69.